The first-order valence-corrected chi connectivity index (χ1v) is 5.88. The molecule has 0 aromatic heterocycles. The third-order valence-electron chi connectivity index (χ3n) is 2.23. The van der Waals surface area contributed by atoms with Crippen LogP contribution >= 0.6 is 0 Å². The molecule has 0 fully saturated rings. The number of rotatable bonds is 5. The summed E-state index contributed by atoms with van der Waals surface area (Å²) >= 11 is 0. The summed E-state index contributed by atoms with van der Waals surface area (Å²) < 4.78 is 53.9. The van der Waals surface area contributed by atoms with Crippen LogP contribution in [0.25, 0.3) is 0 Å². The number of anilines is 1. The summed E-state index contributed by atoms with van der Waals surface area (Å²) in [6, 6.07) is 1.34. The Morgan fingerprint density at radius 2 is 2.10 bits per heavy atom. The second-order valence-corrected chi connectivity index (χ2v) is 4.23. The molecule has 1 atom stereocenters. The van der Waals surface area contributed by atoms with E-state index in [2.05, 4.69) is 15.4 Å². The second-order valence-electron chi connectivity index (χ2n) is 4.23. The van der Waals surface area contributed by atoms with Crippen LogP contribution in [-0.4, -0.2) is 36.6 Å². The van der Waals surface area contributed by atoms with Gasteiger partial charge in [0.2, 0.25) is 0 Å². The van der Waals surface area contributed by atoms with Crippen molar-refractivity contribution in [2.45, 2.75) is 19.1 Å². The van der Waals surface area contributed by atoms with Crippen molar-refractivity contribution in [3.8, 4) is 5.75 Å². The lowest BCUT2D eigenvalue weighted by Gasteiger charge is -2.16. The number of alkyl halides is 3. The van der Waals surface area contributed by atoms with Crippen molar-refractivity contribution in [3.05, 3.63) is 24.0 Å². The van der Waals surface area contributed by atoms with Crippen LogP contribution in [0.3, 0.4) is 0 Å². The van der Waals surface area contributed by atoms with E-state index < -0.39 is 30.7 Å². The Morgan fingerprint density at radius 1 is 1.43 bits per heavy atom. The molecule has 0 aliphatic rings. The molecule has 0 radical (unpaired) electrons. The SMILES string of the molecule is CC(CO)NC(=O)Nc1cc(F)ccc1OCC(F)(F)F. The van der Waals surface area contributed by atoms with E-state index in [-0.39, 0.29) is 18.0 Å². The Morgan fingerprint density at radius 3 is 2.67 bits per heavy atom. The van der Waals surface area contributed by atoms with Crippen LogP contribution in [0, 0.1) is 5.82 Å². The molecule has 0 aliphatic heterocycles. The number of benzene rings is 1. The first-order valence-electron chi connectivity index (χ1n) is 5.88. The molecular weight excluding hydrogens is 296 g/mol. The van der Waals surface area contributed by atoms with Crippen molar-refractivity contribution in [2.24, 2.45) is 0 Å². The third kappa shape index (κ3) is 6.30. The van der Waals surface area contributed by atoms with Gasteiger partial charge in [-0.2, -0.15) is 13.2 Å². The topological polar surface area (TPSA) is 70.6 Å². The van der Waals surface area contributed by atoms with Crippen LogP contribution in [0.4, 0.5) is 28.0 Å². The molecule has 2 amide bonds. The van der Waals surface area contributed by atoms with Crippen molar-refractivity contribution in [3.63, 3.8) is 0 Å². The smallest absolute Gasteiger partial charge is 0.422 e. The Hall–Kier alpha value is -2.03. The molecule has 0 saturated heterocycles. The van der Waals surface area contributed by atoms with Gasteiger partial charge in [-0.3, -0.25) is 0 Å². The lowest BCUT2D eigenvalue weighted by molar-refractivity contribution is -0.153. The highest BCUT2D eigenvalue weighted by atomic mass is 19.4. The summed E-state index contributed by atoms with van der Waals surface area (Å²) in [4.78, 5) is 11.5. The van der Waals surface area contributed by atoms with E-state index in [4.69, 9.17) is 5.11 Å². The first-order chi connectivity index (χ1) is 9.71. The molecule has 0 heterocycles. The predicted octanol–water partition coefficient (Wildman–Crippen LogP) is 2.27. The highest BCUT2D eigenvalue weighted by molar-refractivity contribution is 5.91. The highest BCUT2D eigenvalue weighted by Gasteiger charge is 2.29. The normalized spacial score (nSPS) is 12.7. The van der Waals surface area contributed by atoms with E-state index in [1.165, 1.54) is 6.92 Å². The minimum Gasteiger partial charge on any atom is -0.482 e. The Labute approximate surface area is 117 Å². The van der Waals surface area contributed by atoms with E-state index in [0.29, 0.717) is 0 Å². The maximum absolute atomic E-state index is 13.1. The van der Waals surface area contributed by atoms with E-state index in [1.54, 1.807) is 0 Å². The summed E-state index contributed by atoms with van der Waals surface area (Å²) in [5.41, 5.74) is -0.248. The molecule has 21 heavy (non-hydrogen) atoms. The lowest BCUT2D eigenvalue weighted by atomic mass is 10.3. The number of ether oxygens (including phenoxy) is 1. The van der Waals surface area contributed by atoms with Crippen LogP contribution in [0.1, 0.15) is 6.92 Å². The van der Waals surface area contributed by atoms with Gasteiger partial charge in [-0.05, 0) is 19.1 Å². The summed E-state index contributed by atoms with van der Waals surface area (Å²) in [6.45, 7) is -0.387. The fourth-order valence-electron chi connectivity index (χ4n) is 1.31. The fourth-order valence-corrected chi connectivity index (χ4v) is 1.31. The minimum absolute atomic E-state index is 0.248. The monoisotopic (exact) mass is 310 g/mol. The number of carbonyl (C=O) groups is 1. The van der Waals surface area contributed by atoms with E-state index in [1.807, 2.05) is 0 Å². The van der Waals surface area contributed by atoms with Gasteiger partial charge in [-0.15, -0.1) is 0 Å². The zero-order valence-corrected chi connectivity index (χ0v) is 11.0. The van der Waals surface area contributed by atoms with Gasteiger partial charge in [0.25, 0.3) is 0 Å². The van der Waals surface area contributed by atoms with Gasteiger partial charge in [0, 0.05) is 6.07 Å². The summed E-state index contributed by atoms with van der Waals surface area (Å²) in [6.07, 6.45) is -4.56. The third-order valence-corrected chi connectivity index (χ3v) is 2.23. The molecule has 0 spiro atoms. The average molecular weight is 310 g/mol. The zero-order chi connectivity index (χ0) is 16.0. The Kier molecular flexibility index (Phi) is 5.77. The largest absolute Gasteiger partial charge is 0.482 e. The molecule has 3 N–H and O–H groups in total. The predicted molar refractivity (Wildman–Crippen MR) is 66.7 cm³/mol. The fraction of sp³-hybridized carbons (Fsp3) is 0.417. The summed E-state index contributed by atoms with van der Waals surface area (Å²) in [7, 11) is 0. The van der Waals surface area contributed by atoms with Crippen LogP contribution in [0.2, 0.25) is 0 Å². The maximum Gasteiger partial charge on any atom is 0.422 e. The Bertz CT molecular complexity index is 494. The van der Waals surface area contributed by atoms with E-state index >= 15 is 0 Å². The molecule has 1 aromatic carbocycles. The highest BCUT2D eigenvalue weighted by Crippen LogP contribution is 2.27. The molecule has 0 bridgehead atoms. The average Bonchev–Trinajstić information content (AvgIpc) is 2.36. The number of nitrogens with one attached hydrogen (secondary N) is 2. The molecule has 1 aromatic rings. The number of amides is 2. The Balaban J connectivity index is 2.79. The van der Waals surface area contributed by atoms with Gasteiger partial charge in [0.15, 0.2) is 6.61 Å². The molecule has 0 aliphatic carbocycles. The van der Waals surface area contributed by atoms with Crippen LogP contribution in [-0.2, 0) is 0 Å². The van der Waals surface area contributed by atoms with Crippen molar-refractivity contribution < 1.29 is 32.2 Å². The van der Waals surface area contributed by atoms with Gasteiger partial charge in [0.1, 0.15) is 11.6 Å². The van der Waals surface area contributed by atoms with Gasteiger partial charge in [-0.25, -0.2) is 9.18 Å². The number of hydrogen-bond donors (Lipinski definition) is 3. The van der Waals surface area contributed by atoms with Crippen LogP contribution in [0.15, 0.2) is 18.2 Å². The lowest BCUT2D eigenvalue weighted by Crippen LogP contribution is -2.38. The number of carbonyl (C=O) groups excluding carboxylic acids is 1. The van der Waals surface area contributed by atoms with Gasteiger partial charge >= 0.3 is 12.2 Å². The number of halogens is 4. The van der Waals surface area contributed by atoms with Gasteiger partial charge in [0.05, 0.1) is 18.3 Å². The molecular formula is C12H14F4N2O3. The van der Waals surface area contributed by atoms with E-state index in [0.717, 1.165) is 18.2 Å². The first kappa shape index (κ1) is 17.0. The molecule has 0 saturated carbocycles. The van der Waals surface area contributed by atoms with E-state index in [9.17, 15) is 22.4 Å². The summed E-state index contributed by atoms with van der Waals surface area (Å²) in [5.74, 6) is -1.07. The van der Waals surface area contributed by atoms with Crippen molar-refractivity contribution in [1.29, 1.82) is 0 Å². The number of hydrogen-bond acceptors (Lipinski definition) is 3. The number of aliphatic hydroxyl groups is 1. The zero-order valence-electron chi connectivity index (χ0n) is 11.0. The quantitative estimate of drug-likeness (QED) is 0.731. The minimum atomic E-state index is -4.56. The molecule has 5 nitrogen and oxygen atoms in total. The summed E-state index contributed by atoms with van der Waals surface area (Å²) in [5, 5.41) is 13.2. The van der Waals surface area contributed by atoms with Gasteiger partial charge in [-0.1, -0.05) is 0 Å². The molecule has 1 unspecified atom stereocenters. The number of aliphatic hydroxyl groups excluding tert-OH is 1. The molecule has 118 valence electrons. The van der Waals surface area contributed by atoms with Crippen molar-refractivity contribution in [1.82, 2.24) is 5.32 Å². The second kappa shape index (κ2) is 7.11. The van der Waals surface area contributed by atoms with Crippen molar-refractivity contribution in [2.75, 3.05) is 18.5 Å². The molecule has 1 rings (SSSR count). The molecule has 9 heteroatoms. The van der Waals surface area contributed by atoms with Crippen LogP contribution in [0.5, 0.6) is 5.75 Å². The van der Waals surface area contributed by atoms with Crippen LogP contribution < -0.4 is 15.4 Å². The van der Waals surface area contributed by atoms with Crippen molar-refractivity contribution >= 4 is 11.7 Å². The number of urea groups is 1. The maximum atomic E-state index is 13.1. The standard InChI is InChI=1S/C12H14F4N2O3/c1-7(5-19)17-11(20)18-9-4-8(13)2-3-10(9)21-6-12(14,15)16/h2-4,7,19H,5-6H2,1H3,(H2,17,18,20). The van der Waals surface area contributed by atoms with Gasteiger partial charge < -0.3 is 20.5 Å².